The summed E-state index contributed by atoms with van der Waals surface area (Å²) in [6, 6.07) is 6.76. The summed E-state index contributed by atoms with van der Waals surface area (Å²) in [6.45, 7) is 4.64. The molecule has 2 aromatic rings. The van der Waals surface area contributed by atoms with Crippen molar-refractivity contribution in [2.24, 2.45) is 0 Å². The third-order valence-corrected chi connectivity index (χ3v) is 4.31. The molecule has 1 aromatic carbocycles. The highest BCUT2D eigenvalue weighted by Gasteiger charge is 2.20. The van der Waals surface area contributed by atoms with E-state index in [1.807, 2.05) is 19.1 Å². The highest BCUT2D eigenvalue weighted by atomic mass is 35.5. The van der Waals surface area contributed by atoms with Crippen LogP contribution in [0.25, 0.3) is 0 Å². The Morgan fingerprint density at radius 2 is 2.19 bits per heavy atom. The third-order valence-electron chi connectivity index (χ3n) is 4.07. The topological polar surface area (TPSA) is 76.5 Å². The number of hydrogen-bond acceptors (Lipinski definition) is 4. The molecule has 2 rings (SSSR count). The van der Waals surface area contributed by atoms with Crippen molar-refractivity contribution in [2.75, 3.05) is 26.7 Å². The van der Waals surface area contributed by atoms with E-state index >= 15 is 0 Å². The predicted octanol–water partition coefficient (Wildman–Crippen LogP) is 2.45. The maximum Gasteiger partial charge on any atom is 0.247 e. The zero-order valence-corrected chi connectivity index (χ0v) is 16.6. The Bertz CT molecular complexity index is 764. The molecule has 0 radical (unpaired) electrons. The summed E-state index contributed by atoms with van der Waals surface area (Å²) >= 11 is 5.91. The highest BCUT2D eigenvalue weighted by molar-refractivity contribution is 6.30. The Morgan fingerprint density at radius 1 is 1.41 bits per heavy atom. The van der Waals surface area contributed by atoms with Crippen LogP contribution in [0.4, 0.5) is 0 Å². The van der Waals surface area contributed by atoms with Gasteiger partial charge in [-0.3, -0.25) is 14.3 Å². The minimum atomic E-state index is -0.450. The average Bonchev–Trinajstić information content (AvgIpc) is 3.16. The maximum atomic E-state index is 12.3. The summed E-state index contributed by atoms with van der Waals surface area (Å²) in [4.78, 5) is 25.7. The van der Waals surface area contributed by atoms with Crippen LogP contribution in [0.5, 0.6) is 5.75 Å². The number of carbonyl (C=O) groups excluding carboxylic acids is 2. The number of nitrogens with one attached hydrogen (secondary N) is 1. The minimum absolute atomic E-state index is 0.00158. The summed E-state index contributed by atoms with van der Waals surface area (Å²) in [5.74, 6) is 0.403. The van der Waals surface area contributed by atoms with Gasteiger partial charge in [0, 0.05) is 31.0 Å². The van der Waals surface area contributed by atoms with Crippen molar-refractivity contribution in [1.29, 1.82) is 0 Å². The third kappa shape index (κ3) is 6.29. The summed E-state index contributed by atoms with van der Waals surface area (Å²) < 4.78 is 7.24. The molecule has 0 fully saturated rings. The Morgan fingerprint density at radius 3 is 2.85 bits per heavy atom. The smallest absolute Gasteiger partial charge is 0.247 e. The molecule has 1 atom stereocenters. The van der Waals surface area contributed by atoms with Crippen LogP contribution < -0.4 is 10.1 Å². The number of amides is 2. The van der Waals surface area contributed by atoms with Gasteiger partial charge in [0.15, 0.2) is 0 Å². The van der Waals surface area contributed by atoms with E-state index in [-0.39, 0.29) is 18.4 Å². The Hall–Kier alpha value is -2.54. The van der Waals surface area contributed by atoms with Gasteiger partial charge < -0.3 is 15.0 Å². The fourth-order valence-electron chi connectivity index (χ4n) is 2.55. The second-order valence-electron chi connectivity index (χ2n) is 6.32. The van der Waals surface area contributed by atoms with E-state index < -0.39 is 6.04 Å². The van der Waals surface area contributed by atoms with Crippen LogP contribution in [0.15, 0.2) is 36.7 Å². The normalized spacial score (nSPS) is 11.7. The predicted molar refractivity (Wildman–Crippen MR) is 104 cm³/mol. The molecule has 1 aromatic heterocycles. The van der Waals surface area contributed by atoms with Gasteiger partial charge in [0.2, 0.25) is 11.8 Å². The second kappa shape index (κ2) is 9.97. The number of nitrogens with zero attached hydrogens (tertiary/aromatic N) is 3. The van der Waals surface area contributed by atoms with Gasteiger partial charge in [-0.1, -0.05) is 11.6 Å². The molecular formula is C19H25ClN4O3. The lowest BCUT2D eigenvalue weighted by atomic mass is 10.2. The Balaban J connectivity index is 1.66. The summed E-state index contributed by atoms with van der Waals surface area (Å²) in [5, 5.41) is 7.52. The molecular weight excluding hydrogens is 368 g/mol. The molecule has 0 bridgehead atoms. The summed E-state index contributed by atoms with van der Waals surface area (Å²) in [5.41, 5.74) is 0.970. The first kappa shape index (κ1) is 20.8. The molecule has 7 nitrogen and oxygen atoms in total. The van der Waals surface area contributed by atoms with Crippen molar-refractivity contribution in [3.63, 3.8) is 0 Å². The molecule has 1 unspecified atom stereocenters. The van der Waals surface area contributed by atoms with Crippen molar-refractivity contribution in [1.82, 2.24) is 20.0 Å². The van der Waals surface area contributed by atoms with Crippen LogP contribution in [-0.4, -0.2) is 53.2 Å². The lowest BCUT2D eigenvalue weighted by Gasteiger charge is -2.21. The van der Waals surface area contributed by atoms with Crippen LogP contribution >= 0.6 is 11.6 Å². The van der Waals surface area contributed by atoms with Crippen LogP contribution in [0, 0.1) is 6.92 Å². The van der Waals surface area contributed by atoms with E-state index in [1.54, 1.807) is 43.2 Å². The van der Waals surface area contributed by atoms with E-state index in [0.29, 0.717) is 24.6 Å². The van der Waals surface area contributed by atoms with E-state index in [9.17, 15) is 9.59 Å². The highest BCUT2D eigenvalue weighted by Crippen LogP contribution is 2.21. The monoisotopic (exact) mass is 392 g/mol. The number of hydrogen-bond donors (Lipinski definition) is 1. The standard InChI is InChI=1S/C19H25ClN4O3/c1-14-12-16(20)6-7-17(14)27-11-5-8-21-18(25)13-23(3)19(26)15(2)24-10-4-9-22-24/h4,6-7,9-10,12,15H,5,8,11,13H2,1-3H3,(H,21,25). The molecule has 0 spiro atoms. The lowest BCUT2D eigenvalue weighted by Crippen LogP contribution is -2.41. The molecule has 0 aliphatic rings. The molecule has 27 heavy (non-hydrogen) atoms. The first-order valence-electron chi connectivity index (χ1n) is 8.78. The molecule has 8 heteroatoms. The number of aromatic nitrogens is 2. The summed E-state index contributed by atoms with van der Waals surface area (Å²) in [6.07, 6.45) is 4.00. The van der Waals surface area contributed by atoms with E-state index in [4.69, 9.17) is 16.3 Å². The molecule has 0 aliphatic carbocycles. The van der Waals surface area contributed by atoms with Crippen molar-refractivity contribution < 1.29 is 14.3 Å². The quantitative estimate of drug-likeness (QED) is 0.665. The van der Waals surface area contributed by atoms with E-state index in [1.165, 1.54) is 4.90 Å². The number of ether oxygens (including phenoxy) is 1. The number of halogens is 1. The molecule has 0 saturated carbocycles. The van der Waals surface area contributed by atoms with Gasteiger partial charge in [-0.2, -0.15) is 5.10 Å². The molecule has 1 heterocycles. The Labute approximate surface area is 164 Å². The molecule has 0 aliphatic heterocycles. The molecule has 2 amide bonds. The van der Waals surface area contributed by atoms with Crippen molar-refractivity contribution in [3.05, 3.63) is 47.2 Å². The van der Waals surface area contributed by atoms with Crippen molar-refractivity contribution >= 4 is 23.4 Å². The second-order valence-corrected chi connectivity index (χ2v) is 6.75. The van der Waals surface area contributed by atoms with Gasteiger partial charge >= 0.3 is 0 Å². The van der Waals surface area contributed by atoms with Gasteiger partial charge in [-0.05, 0) is 50.1 Å². The number of rotatable bonds is 9. The number of aryl methyl sites for hydroxylation is 1. The summed E-state index contributed by atoms with van der Waals surface area (Å²) in [7, 11) is 1.61. The number of carbonyl (C=O) groups is 2. The van der Waals surface area contributed by atoms with Crippen LogP contribution in [0.3, 0.4) is 0 Å². The van der Waals surface area contributed by atoms with E-state index in [0.717, 1.165) is 11.3 Å². The molecule has 0 saturated heterocycles. The number of likely N-dealkylation sites (N-methyl/N-ethyl adjacent to an activating group) is 1. The van der Waals surface area contributed by atoms with Gasteiger partial charge in [0.05, 0.1) is 13.2 Å². The van der Waals surface area contributed by atoms with Crippen LogP contribution in [0.2, 0.25) is 5.02 Å². The van der Waals surface area contributed by atoms with Crippen LogP contribution in [0.1, 0.15) is 24.9 Å². The lowest BCUT2D eigenvalue weighted by molar-refractivity contribution is -0.137. The van der Waals surface area contributed by atoms with Gasteiger partial charge in [0.1, 0.15) is 11.8 Å². The maximum absolute atomic E-state index is 12.3. The largest absolute Gasteiger partial charge is 0.493 e. The van der Waals surface area contributed by atoms with Crippen molar-refractivity contribution in [3.8, 4) is 5.75 Å². The van der Waals surface area contributed by atoms with Gasteiger partial charge in [-0.15, -0.1) is 0 Å². The first-order chi connectivity index (χ1) is 12.9. The van der Waals surface area contributed by atoms with Gasteiger partial charge in [0.25, 0.3) is 0 Å². The first-order valence-corrected chi connectivity index (χ1v) is 9.16. The average molecular weight is 393 g/mol. The van der Waals surface area contributed by atoms with Gasteiger partial charge in [-0.25, -0.2) is 0 Å². The fourth-order valence-corrected chi connectivity index (χ4v) is 2.77. The fraction of sp³-hybridized carbons (Fsp3) is 0.421. The zero-order chi connectivity index (χ0) is 19.8. The molecule has 1 N–H and O–H groups in total. The number of benzene rings is 1. The van der Waals surface area contributed by atoms with Crippen LogP contribution in [-0.2, 0) is 9.59 Å². The van der Waals surface area contributed by atoms with Crippen molar-refractivity contribution in [2.45, 2.75) is 26.3 Å². The van der Waals surface area contributed by atoms with E-state index in [2.05, 4.69) is 10.4 Å². The SMILES string of the molecule is Cc1cc(Cl)ccc1OCCCNC(=O)CN(C)C(=O)C(C)n1cccn1. The molecule has 146 valence electrons. The Kier molecular flexibility index (Phi) is 7.67. The zero-order valence-electron chi connectivity index (χ0n) is 15.8. The minimum Gasteiger partial charge on any atom is -0.493 e.